The Balaban J connectivity index is 1.77. The lowest BCUT2D eigenvalue weighted by atomic mass is 9.89. The van der Waals surface area contributed by atoms with Gasteiger partial charge in [0.2, 0.25) is 11.8 Å². The summed E-state index contributed by atoms with van der Waals surface area (Å²) in [5, 5.41) is 2.99. The summed E-state index contributed by atoms with van der Waals surface area (Å²) in [6, 6.07) is 0.0409. The second kappa shape index (κ2) is 5.27. The van der Waals surface area contributed by atoms with E-state index in [0.29, 0.717) is 18.5 Å². The quantitative estimate of drug-likeness (QED) is 0.844. The third-order valence-electron chi connectivity index (χ3n) is 5.66. The van der Waals surface area contributed by atoms with Crippen LogP contribution in [0.1, 0.15) is 46.0 Å². The first kappa shape index (κ1) is 14.8. The number of nitrogens with one attached hydrogen (secondary N) is 1. The van der Waals surface area contributed by atoms with Crippen molar-refractivity contribution >= 4 is 11.8 Å². The molecule has 118 valence electrons. The van der Waals surface area contributed by atoms with Crippen LogP contribution >= 0.6 is 0 Å². The first-order valence-corrected chi connectivity index (χ1v) is 8.27. The van der Waals surface area contributed by atoms with Gasteiger partial charge in [0.15, 0.2) is 0 Å². The Morgan fingerprint density at radius 2 is 1.95 bits per heavy atom. The van der Waals surface area contributed by atoms with Crippen LogP contribution in [-0.2, 0) is 9.59 Å². The van der Waals surface area contributed by atoms with Gasteiger partial charge in [-0.05, 0) is 59.0 Å². The fourth-order valence-electron chi connectivity index (χ4n) is 3.81. The Bertz CT molecular complexity index is 449. The molecule has 0 bridgehead atoms. The number of carbonyl (C=O) groups is 2. The van der Waals surface area contributed by atoms with Gasteiger partial charge < -0.3 is 15.1 Å². The molecule has 1 aliphatic carbocycles. The van der Waals surface area contributed by atoms with Gasteiger partial charge in [-0.3, -0.25) is 9.59 Å². The Hall–Kier alpha value is -1.10. The number of nitrogens with zero attached hydrogens (tertiary/aromatic N) is 2. The fraction of sp³-hybridized carbons (Fsp3) is 0.875. The largest absolute Gasteiger partial charge is 0.340 e. The maximum atomic E-state index is 13.0. The summed E-state index contributed by atoms with van der Waals surface area (Å²) in [7, 11) is 2.13. The van der Waals surface area contributed by atoms with Gasteiger partial charge in [0.05, 0.1) is 0 Å². The number of likely N-dealkylation sites (tertiary alicyclic amines) is 1. The molecular formula is C16H27N3O2. The SMILES string of the molecule is CC1C(=O)NC(C)(C2CC2)C(=O)N1CC1CCCCN1C. The van der Waals surface area contributed by atoms with Gasteiger partial charge in [0.25, 0.3) is 0 Å². The van der Waals surface area contributed by atoms with Crippen LogP contribution in [0.5, 0.6) is 0 Å². The zero-order valence-corrected chi connectivity index (χ0v) is 13.4. The van der Waals surface area contributed by atoms with Gasteiger partial charge >= 0.3 is 0 Å². The van der Waals surface area contributed by atoms with E-state index < -0.39 is 5.54 Å². The Kier molecular flexibility index (Phi) is 3.72. The van der Waals surface area contributed by atoms with E-state index in [1.165, 1.54) is 12.8 Å². The van der Waals surface area contributed by atoms with Crippen molar-refractivity contribution < 1.29 is 9.59 Å². The van der Waals surface area contributed by atoms with Crippen LogP contribution in [0, 0.1) is 5.92 Å². The Morgan fingerprint density at radius 1 is 1.24 bits per heavy atom. The van der Waals surface area contributed by atoms with Gasteiger partial charge in [0, 0.05) is 12.6 Å². The van der Waals surface area contributed by atoms with Crippen LogP contribution in [0.2, 0.25) is 0 Å². The predicted octanol–water partition coefficient (Wildman–Crippen LogP) is 0.986. The number of carbonyl (C=O) groups excluding carboxylic acids is 2. The van der Waals surface area contributed by atoms with E-state index in [1.807, 2.05) is 18.7 Å². The second-order valence-corrected chi connectivity index (χ2v) is 7.23. The molecule has 2 aliphatic heterocycles. The molecule has 3 atom stereocenters. The van der Waals surface area contributed by atoms with Gasteiger partial charge in [-0.2, -0.15) is 0 Å². The Labute approximate surface area is 127 Å². The van der Waals surface area contributed by atoms with E-state index in [0.717, 1.165) is 25.8 Å². The first-order valence-electron chi connectivity index (χ1n) is 8.27. The number of hydrogen-bond donors (Lipinski definition) is 1. The minimum absolute atomic E-state index is 0.00228. The summed E-state index contributed by atoms with van der Waals surface area (Å²) in [6.45, 7) is 5.54. The highest BCUT2D eigenvalue weighted by Gasteiger charge is 2.54. The lowest BCUT2D eigenvalue weighted by Crippen LogP contribution is -2.70. The molecule has 1 N–H and O–H groups in total. The topological polar surface area (TPSA) is 52.7 Å². The molecule has 0 aromatic rings. The lowest BCUT2D eigenvalue weighted by molar-refractivity contribution is -0.155. The molecule has 0 aromatic carbocycles. The van der Waals surface area contributed by atoms with Gasteiger partial charge in [0.1, 0.15) is 11.6 Å². The number of rotatable bonds is 3. The molecule has 0 radical (unpaired) electrons. The van der Waals surface area contributed by atoms with Gasteiger partial charge in [-0.15, -0.1) is 0 Å². The summed E-state index contributed by atoms with van der Waals surface area (Å²) in [5.41, 5.74) is -0.670. The van der Waals surface area contributed by atoms with E-state index in [2.05, 4.69) is 17.3 Å². The van der Waals surface area contributed by atoms with Crippen molar-refractivity contribution in [2.45, 2.75) is 63.6 Å². The van der Waals surface area contributed by atoms with Crippen molar-refractivity contribution in [3.8, 4) is 0 Å². The van der Waals surface area contributed by atoms with E-state index in [-0.39, 0.29) is 17.9 Å². The smallest absolute Gasteiger partial charge is 0.249 e. The highest BCUT2D eigenvalue weighted by molar-refractivity contribution is 5.99. The fourth-order valence-corrected chi connectivity index (χ4v) is 3.81. The molecule has 3 rings (SSSR count). The summed E-state index contributed by atoms with van der Waals surface area (Å²) in [4.78, 5) is 29.4. The highest BCUT2D eigenvalue weighted by Crippen LogP contribution is 2.42. The molecule has 3 unspecified atom stereocenters. The molecule has 0 spiro atoms. The molecule has 0 aromatic heterocycles. The summed E-state index contributed by atoms with van der Waals surface area (Å²) >= 11 is 0. The number of amides is 2. The second-order valence-electron chi connectivity index (χ2n) is 7.23. The van der Waals surface area contributed by atoms with E-state index in [9.17, 15) is 9.59 Å². The molecule has 5 nitrogen and oxygen atoms in total. The molecule has 2 heterocycles. The molecule has 1 saturated carbocycles. The molecule has 5 heteroatoms. The molecule has 3 aliphatic rings. The molecule has 21 heavy (non-hydrogen) atoms. The highest BCUT2D eigenvalue weighted by atomic mass is 16.2. The maximum Gasteiger partial charge on any atom is 0.249 e. The summed E-state index contributed by atoms with van der Waals surface area (Å²) in [6.07, 6.45) is 5.67. The standard InChI is InChI=1S/C16H27N3O2/c1-11-14(20)17-16(2,12-7-8-12)15(21)19(11)10-13-6-4-5-9-18(13)3/h11-13H,4-10H2,1-3H3,(H,17,20). The van der Waals surface area contributed by atoms with Crippen molar-refractivity contribution in [2.75, 3.05) is 20.1 Å². The van der Waals surface area contributed by atoms with Crippen molar-refractivity contribution in [1.82, 2.24) is 15.1 Å². The molecular weight excluding hydrogens is 266 g/mol. The van der Waals surface area contributed by atoms with Crippen LogP contribution in [-0.4, -0.2) is 59.4 Å². The van der Waals surface area contributed by atoms with Crippen molar-refractivity contribution in [3.05, 3.63) is 0 Å². The van der Waals surface area contributed by atoms with Crippen molar-refractivity contribution in [3.63, 3.8) is 0 Å². The average molecular weight is 293 g/mol. The molecule has 2 saturated heterocycles. The first-order chi connectivity index (χ1) is 9.93. The zero-order valence-electron chi connectivity index (χ0n) is 13.4. The van der Waals surface area contributed by atoms with E-state index >= 15 is 0 Å². The zero-order chi connectivity index (χ0) is 15.2. The number of hydrogen-bond acceptors (Lipinski definition) is 3. The monoisotopic (exact) mass is 293 g/mol. The average Bonchev–Trinajstić information content (AvgIpc) is 3.28. The minimum atomic E-state index is -0.670. The Morgan fingerprint density at radius 3 is 2.57 bits per heavy atom. The van der Waals surface area contributed by atoms with E-state index in [1.54, 1.807) is 0 Å². The molecule has 2 amide bonds. The normalized spacial score (nSPS) is 38.5. The number of piperidine rings is 1. The maximum absolute atomic E-state index is 13.0. The van der Waals surface area contributed by atoms with Crippen LogP contribution in [0.3, 0.4) is 0 Å². The van der Waals surface area contributed by atoms with Gasteiger partial charge in [-0.25, -0.2) is 0 Å². The van der Waals surface area contributed by atoms with Crippen LogP contribution < -0.4 is 5.32 Å². The summed E-state index contributed by atoms with van der Waals surface area (Å²) in [5.74, 6) is 0.451. The third kappa shape index (κ3) is 2.56. The van der Waals surface area contributed by atoms with E-state index in [4.69, 9.17) is 0 Å². The number of piperazine rings is 1. The molecule has 3 fully saturated rings. The third-order valence-corrected chi connectivity index (χ3v) is 5.66. The van der Waals surface area contributed by atoms with Crippen LogP contribution in [0.15, 0.2) is 0 Å². The minimum Gasteiger partial charge on any atom is -0.340 e. The number of likely N-dealkylation sites (N-methyl/N-ethyl adjacent to an activating group) is 1. The van der Waals surface area contributed by atoms with Crippen LogP contribution in [0.25, 0.3) is 0 Å². The predicted molar refractivity (Wildman–Crippen MR) is 80.7 cm³/mol. The van der Waals surface area contributed by atoms with Crippen LogP contribution in [0.4, 0.5) is 0 Å². The van der Waals surface area contributed by atoms with Crippen molar-refractivity contribution in [1.29, 1.82) is 0 Å². The summed E-state index contributed by atoms with van der Waals surface area (Å²) < 4.78 is 0. The lowest BCUT2D eigenvalue weighted by Gasteiger charge is -2.46. The van der Waals surface area contributed by atoms with Gasteiger partial charge in [-0.1, -0.05) is 6.42 Å². The van der Waals surface area contributed by atoms with Crippen molar-refractivity contribution in [2.24, 2.45) is 5.92 Å².